The number of fused-ring (bicyclic) bond motifs is 10. The van der Waals surface area contributed by atoms with Gasteiger partial charge in [-0.3, -0.25) is 19.8 Å². The van der Waals surface area contributed by atoms with Crippen LogP contribution in [-0.2, 0) is 13.1 Å². The van der Waals surface area contributed by atoms with Crippen LogP contribution in [0.5, 0.6) is 11.5 Å². The number of nitrogens with one attached hydrogen (secondary N) is 2. The molecule has 3 aliphatic heterocycles. The van der Waals surface area contributed by atoms with Crippen molar-refractivity contribution in [2.24, 2.45) is 9.98 Å². The summed E-state index contributed by atoms with van der Waals surface area (Å²) in [6.07, 6.45) is 5.51. The molecule has 0 amide bonds. The second kappa shape index (κ2) is 14.6. The van der Waals surface area contributed by atoms with E-state index in [1.807, 2.05) is 36.4 Å². The Hall–Kier alpha value is -3.56. The van der Waals surface area contributed by atoms with Crippen LogP contribution in [0.3, 0.4) is 0 Å². The van der Waals surface area contributed by atoms with Gasteiger partial charge in [-0.2, -0.15) is 0 Å². The highest BCUT2D eigenvalue weighted by atomic mass is 16.3. The molecule has 1 saturated heterocycles. The molecule has 0 radical (unpaired) electrons. The van der Waals surface area contributed by atoms with Crippen LogP contribution in [0.15, 0.2) is 58.5 Å². The van der Waals surface area contributed by atoms with Crippen molar-refractivity contribution in [2.75, 3.05) is 52.4 Å². The molecule has 222 valence electrons. The summed E-state index contributed by atoms with van der Waals surface area (Å²) in [5.74, 6) is 0.547. The summed E-state index contributed by atoms with van der Waals surface area (Å²) < 4.78 is 0. The van der Waals surface area contributed by atoms with Crippen molar-refractivity contribution in [3.05, 3.63) is 81.9 Å². The van der Waals surface area contributed by atoms with Crippen LogP contribution in [0.4, 0.5) is 11.4 Å². The maximum Gasteiger partial charge on any atom is 0.128 e. The van der Waals surface area contributed by atoms with E-state index in [9.17, 15) is 10.2 Å². The summed E-state index contributed by atoms with van der Waals surface area (Å²) in [6.45, 7) is 12.9. The summed E-state index contributed by atoms with van der Waals surface area (Å²) in [6, 6.07) is 15.8. The average Bonchev–Trinajstić information content (AvgIpc) is 2.97. The lowest BCUT2D eigenvalue weighted by Gasteiger charge is -2.26. The number of aryl methyl sites for hydroxylation is 2. The summed E-state index contributed by atoms with van der Waals surface area (Å²) in [5, 5.41) is 29.9. The first-order valence-corrected chi connectivity index (χ1v) is 15.1. The van der Waals surface area contributed by atoms with E-state index < -0.39 is 0 Å². The van der Waals surface area contributed by atoms with Crippen LogP contribution in [0.25, 0.3) is 0 Å². The van der Waals surface area contributed by atoms with Crippen LogP contribution in [0, 0.1) is 13.8 Å². The first-order valence-electron chi connectivity index (χ1n) is 15.1. The van der Waals surface area contributed by atoms with Gasteiger partial charge in [0.25, 0.3) is 0 Å². The van der Waals surface area contributed by atoms with Crippen LogP contribution in [0.1, 0.15) is 46.2 Å². The Labute approximate surface area is 249 Å². The van der Waals surface area contributed by atoms with Gasteiger partial charge < -0.3 is 20.8 Å². The van der Waals surface area contributed by atoms with E-state index in [0.717, 1.165) is 87.5 Å². The fourth-order valence-electron chi connectivity index (χ4n) is 5.77. The number of nitrogens with zero attached hydrogens (tertiary/aromatic N) is 4. The van der Waals surface area contributed by atoms with Gasteiger partial charge in [0.15, 0.2) is 0 Å². The van der Waals surface area contributed by atoms with Crippen molar-refractivity contribution >= 4 is 23.8 Å². The maximum atomic E-state index is 11.3. The minimum absolute atomic E-state index is 0.273. The predicted molar refractivity (Wildman–Crippen MR) is 172 cm³/mol. The van der Waals surface area contributed by atoms with Crippen molar-refractivity contribution in [3.8, 4) is 11.5 Å². The number of aliphatic imine (C=N–C) groups is 2. The maximum absolute atomic E-state index is 11.3. The lowest BCUT2D eigenvalue weighted by atomic mass is 10.0. The summed E-state index contributed by atoms with van der Waals surface area (Å²) in [5.41, 5.74) is 6.78. The topological polar surface area (TPSA) is 95.7 Å². The summed E-state index contributed by atoms with van der Waals surface area (Å²) >= 11 is 0. The number of hydrogen-bond acceptors (Lipinski definition) is 8. The molecule has 0 aliphatic carbocycles. The lowest BCUT2D eigenvalue weighted by Crippen LogP contribution is -2.38. The van der Waals surface area contributed by atoms with E-state index in [1.165, 1.54) is 0 Å². The highest BCUT2D eigenvalue weighted by molar-refractivity contribution is 5.90. The highest BCUT2D eigenvalue weighted by Gasteiger charge is 2.15. The van der Waals surface area contributed by atoms with E-state index in [2.05, 4.69) is 46.4 Å². The van der Waals surface area contributed by atoms with E-state index in [4.69, 9.17) is 9.98 Å². The van der Waals surface area contributed by atoms with Crippen LogP contribution < -0.4 is 10.6 Å². The van der Waals surface area contributed by atoms with Gasteiger partial charge in [-0.15, -0.1) is 0 Å². The van der Waals surface area contributed by atoms with Gasteiger partial charge in [0.05, 0.1) is 11.4 Å². The van der Waals surface area contributed by atoms with E-state index in [0.29, 0.717) is 35.6 Å². The molecule has 0 aromatic heterocycles. The molecule has 3 aliphatic rings. The van der Waals surface area contributed by atoms with Gasteiger partial charge in [-0.05, 0) is 88.3 Å². The van der Waals surface area contributed by atoms with Crippen molar-refractivity contribution in [1.82, 2.24) is 20.4 Å². The Kier molecular flexibility index (Phi) is 10.4. The standard InChI is InChI=1S/C34H44N6O2/c1-25-17-27-21-37-31-7-3-4-8-32(31)38-22-28-18-26(2)20-30(34(28)42)24-40-14-6-10-35-11-15-39(13-5-9-36-12-16-40)23-29(19-25)33(27)41/h3-4,7-8,17-22,35-36,41-42H,5-6,9-16,23-24H2,1-2H3. The van der Waals surface area contributed by atoms with Gasteiger partial charge in [-0.25, -0.2) is 0 Å². The quantitative estimate of drug-likeness (QED) is 0.311. The molecule has 3 aromatic rings. The molecule has 3 heterocycles. The molecule has 0 saturated carbocycles. The minimum atomic E-state index is 0.273. The molecule has 2 unspecified atom stereocenters. The Bertz CT molecular complexity index is 1300. The highest BCUT2D eigenvalue weighted by Crippen LogP contribution is 2.31. The molecule has 2 atom stereocenters. The van der Waals surface area contributed by atoms with E-state index in [-0.39, 0.29) is 11.5 Å². The van der Waals surface area contributed by atoms with E-state index >= 15 is 0 Å². The number of para-hydroxylation sites is 2. The van der Waals surface area contributed by atoms with Crippen molar-refractivity contribution in [2.45, 2.75) is 39.8 Å². The molecular formula is C34H44N6O2. The third-order valence-electron chi connectivity index (χ3n) is 7.95. The molecule has 42 heavy (non-hydrogen) atoms. The minimum Gasteiger partial charge on any atom is -0.507 e. The van der Waals surface area contributed by atoms with Gasteiger partial charge in [0.1, 0.15) is 11.5 Å². The third-order valence-corrected chi connectivity index (χ3v) is 7.95. The number of hydrogen-bond donors (Lipinski definition) is 4. The molecule has 3 aromatic carbocycles. The van der Waals surface area contributed by atoms with Gasteiger partial charge in [0, 0.05) is 74.0 Å². The first-order chi connectivity index (χ1) is 20.5. The number of phenolic OH excluding ortho intramolecular Hbond substituents is 2. The average molecular weight is 569 g/mol. The van der Waals surface area contributed by atoms with Crippen molar-refractivity contribution in [3.63, 3.8) is 0 Å². The normalized spacial score (nSPS) is 20.7. The Morgan fingerprint density at radius 2 is 1.07 bits per heavy atom. The first kappa shape index (κ1) is 29.9. The zero-order chi connectivity index (χ0) is 29.3. The second-order valence-electron chi connectivity index (χ2n) is 11.5. The van der Waals surface area contributed by atoms with Crippen LogP contribution >= 0.6 is 0 Å². The molecule has 1 fully saturated rings. The Morgan fingerprint density at radius 3 is 1.52 bits per heavy atom. The zero-order valence-electron chi connectivity index (χ0n) is 24.9. The fourth-order valence-corrected chi connectivity index (χ4v) is 5.77. The molecule has 6 bridgehead atoms. The Balaban J connectivity index is 1.57. The summed E-state index contributed by atoms with van der Waals surface area (Å²) in [7, 11) is 0. The van der Waals surface area contributed by atoms with Crippen molar-refractivity contribution < 1.29 is 10.2 Å². The fraction of sp³-hybridized carbons (Fsp3) is 0.412. The summed E-state index contributed by atoms with van der Waals surface area (Å²) in [4.78, 5) is 14.3. The number of benzene rings is 3. The van der Waals surface area contributed by atoms with Crippen LogP contribution in [0.2, 0.25) is 0 Å². The molecule has 0 spiro atoms. The largest absolute Gasteiger partial charge is 0.507 e. The lowest BCUT2D eigenvalue weighted by molar-refractivity contribution is 0.238. The molecule has 8 heteroatoms. The SMILES string of the molecule is Cc1cc2c(O)c(c1)CN1CCCNCCN(CCCNCC1)Cc1cc(C)cc(c1O)C=Nc1ccccc1N=C2. The Morgan fingerprint density at radius 1 is 0.619 bits per heavy atom. The number of aromatic hydroxyl groups is 2. The number of phenols is 2. The van der Waals surface area contributed by atoms with Gasteiger partial charge >= 0.3 is 0 Å². The van der Waals surface area contributed by atoms with Crippen LogP contribution in [-0.4, -0.2) is 84.8 Å². The molecule has 8 nitrogen and oxygen atoms in total. The van der Waals surface area contributed by atoms with E-state index in [1.54, 1.807) is 12.4 Å². The van der Waals surface area contributed by atoms with Gasteiger partial charge in [0.2, 0.25) is 0 Å². The van der Waals surface area contributed by atoms with Gasteiger partial charge in [-0.1, -0.05) is 24.3 Å². The van der Waals surface area contributed by atoms with Crippen molar-refractivity contribution in [1.29, 1.82) is 0 Å². The molecule has 6 rings (SSSR count). The molecular weight excluding hydrogens is 524 g/mol. The predicted octanol–water partition coefficient (Wildman–Crippen LogP) is 4.81. The number of rotatable bonds is 0. The molecule has 4 N–H and O–H groups in total. The smallest absolute Gasteiger partial charge is 0.128 e. The third kappa shape index (κ3) is 8.04. The second-order valence-corrected chi connectivity index (χ2v) is 11.5. The zero-order valence-corrected chi connectivity index (χ0v) is 24.9. The monoisotopic (exact) mass is 568 g/mol.